The summed E-state index contributed by atoms with van der Waals surface area (Å²) in [6.07, 6.45) is 0.694. The van der Waals surface area contributed by atoms with E-state index >= 15 is 0 Å². The zero-order chi connectivity index (χ0) is 83.0. The Balaban J connectivity index is 0.000000150. The van der Waals surface area contributed by atoms with E-state index in [4.69, 9.17) is 59.7 Å². The maximum Gasteiger partial charge on any atom is 0.417 e. The number of carbonyl (C=O) groups is 7. The summed E-state index contributed by atoms with van der Waals surface area (Å²) in [4.78, 5) is 116. The lowest BCUT2D eigenvalue weighted by atomic mass is 9.69. The number of ether oxygens (including phenoxy) is 1. The van der Waals surface area contributed by atoms with Crippen molar-refractivity contribution in [2.75, 3.05) is 66.0 Å². The maximum atomic E-state index is 13.7. The predicted molar refractivity (Wildman–Crippen MR) is 428 cm³/mol. The molecular weight excluding hydrogens is 1540 g/mol. The first-order valence-electron chi connectivity index (χ1n) is 39.0. The SMILES string of the molecule is CC(C)c1cc(-c2ccc(Cl)cc2)nn2cc(C(=O)N3CCN(C(=O)C4CC(O)(C(F)(F)F)C4)CC3(C)C)nc12.CC(C)c1cc(-c2ccc(Cl)cc2)nn2cc(C(=O)N3CCN(C(=O)C4CC(O)C4)CC3(C)C)nc12.COC(=O)C1CC(C(=O)N2CCN(C(=O)c3cn4nc(-c5ccc(Cl)cc5)cc(C(C)C)c4n3)C(C)(C)C2)C1. The van der Waals surface area contributed by atoms with Crippen LogP contribution in [-0.2, 0) is 23.9 Å². The second kappa shape index (κ2) is 32.1. The number of aromatic nitrogens is 9. The molecule has 610 valence electrons. The van der Waals surface area contributed by atoms with Crippen molar-refractivity contribution < 1.29 is 61.7 Å². The lowest BCUT2D eigenvalue weighted by molar-refractivity contribution is -0.297. The molecule has 3 aliphatic carbocycles. The Labute approximate surface area is 680 Å². The first-order valence-corrected chi connectivity index (χ1v) is 40.1. The van der Waals surface area contributed by atoms with Gasteiger partial charge in [0.15, 0.2) is 22.5 Å². The van der Waals surface area contributed by atoms with Crippen molar-refractivity contribution in [2.24, 2.45) is 23.7 Å². The van der Waals surface area contributed by atoms with Crippen LogP contribution in [0, 0.1) is 23.7 Å². The van der Waals surface area contributed by atoms with Gasteiger partial charge in [0.05, 0.1) is 71.4 Å². The van der Waals surface area contributed by atoms with Crippen molar-refractivity contribution in [2.45, 2.75) is 174 Å². The zero-order valence-corrected chi connectivity index (χ0v) is 69.0. The number of imidazole rings is 3. The van der Waals surface area contributed by atoms with Crippen LogP contribution in [0.25, 0.3) is 50.7 Å². The Morgan fingerprint density at radius 3 is 1.00 bits per heavy atom. The van der Waals surface area contributed by atoms with E-state index in [2.05, 4.69) is 37.8 Å². The number of aliphatic hydroxyl groups is 2. The molecule has 2 N–H and O–H groups in total. The highest BCUT2D eigenvalue weighted by Gasteiger charge is 2.63. The summed E-state index contributed by atoms with van der Waals surface area (Å²) in [7, 11) is 1.37. The molecule has 0 spiro atoms. The third kappa shape index (κ3) is 17.0. The molecule has 3 saturated carbocycles. The number of piperazine rings is 3. The van der Waals surface area contributed by atoms with Gasteiger partial charge < -0.3 is 44.3 Å². The fraction of sp³-hybridized carbons (Fsp3) is 0.488. The molecule has 0 radical (unpaired) electrons. The van der Waals surface area contributed by atoms with E-state index < -0.39 is 53.1 Å². The number of fused-ring (bicyclic) bond motifs is 3. The van der Waals surface area contributed by atoms with Gasteiger partial charge in [-0.15, -0.1) is 0 Å². The molecule has 115 heavy (non-hydrogen) atoms. The molecule has 9 heterocycles. The molecule has 3 saturated heterocycles. The van der Waals surface area contributed by atoms with Crippen LogP contribution in [0.1, 0.15) is 188 Å². The summed E-state index contributed by atoms with van der Waals surface area (Å²) in [6, 6.07) is 28.3. The summed E-state index contributed by atoms with van der Waals surface area (Å²) in [5.74, 6) is -2.13. The third-order valence-corrected chi connectivity index (χ3v) is 24.0. The molecule has 31 heteroatoms. The van der Waals surface area contributed by atoms with Crippen molar-refractivity contribution in [3.8, 4) is 33.8 Å². The van der Waals surface area contributed by atoms with Gasteiger partial charge >= 0.3 is 12.1 Å². The Morgan fingerprint density at radius 1 is 0.452 bits per heavy atom. The van der Waals surface area contributed by atoms with Crippen LogP contribution in [0.2, 0.25) is 15.1 Å². The van der Waals surface area contributed by atoms with Gasteiger partial charge in [-0.2, -0.15) is 28.5 Å². The summed E-state index contributed by atoms with van der Waals surface area (Å²) < 4.78 is 48.9. The number of hydrogen-bond donors (Lipinski definition) is 2. The Kier molecular flexibility index (Phi) is 23.3. The largest absolute Gasteiger partial charge is 0.469 e. The smallest absolute Gasteiger partial charge is 0.417 e. The fourth-order valence-corrected chi connectivity index (χ4v) is 16.7. The van der Waals surface area contributed by atoms with Gasteiger partial charge in [-0.25, -0.2) is 28.5 Å². The van der Waals surface area contributed by atoms with Crippen molar-refractivity contribution in [1.82, 2.24) is 73.2 Å². The van der Waals surface area contributed by atoms with Crippen LogP contribution in [0.5, 0.6) is 0 Å². The summed E-state index contributed by atoms with van der Waals surface area (Å²) >= 11 is 18.2. The standard InChI is InChI=1S/C29H34ClN5O4.C28H31ClF3N5O3.C27H32ClN5O3/c1-17(2)22-14-23(18-6-8-21(30)9-7-18)32-35-15-24(31-25(22)35)27(37)34-11-10-33(16-29(34,3)4)26(36)19-12-20(13-19)28(38)39-5;1-16(2)20-11-21(17-5-7-19(29)8-6-17)34-37-14-22(33-23(20)37)25(39)36-10-9-35(15-26(36,3)4)24(38)18-12-27(40,13-18)28(30,31)32;1-16(2)21-13-22(17-5-7-19(28)8-6-17)30-33-14-23(29-24(21)33)26(36)32-10-9-31(15-27(32,3)4)25(35)18-11-20(34)12-18/h6-9,14-15,17,19-20H,10-13,16H2,1-5H3;5-8,11,14,16,18,40H,9-10,12-13,15H2,1-4H3;5-8,13-14,16,18,20,34H,9-12,15H2,1-4H3. The molecule has 0 unspecified atom stereocenters. The number of halogens is 6. The van der Waals surface area contributed by atoms with Gasteiger partial charge in [0.25, 0.3) is 17.7 Å². The van der Waals surface area contributed by atoms with Crippen LogP contribution in [0.3, 0.4) is 0 Å². The van der Waals surface area contributed by atoms with Crippen molar-refractivity contribution >= 4 is 93.2 Å². The summed E-state index contributed by atoms with van der Waals surface area (Å²) in [5.41, 5.74) is 5.97. The second-order valence-corrected chi connectivity index (χ2v) is 35.4. The normalized spacial score (nSPS) is 21.8. The molecule has 3 aromatic carbocycles. The quantitative estimate of drug-likeness (QED) is 0.101. The fourth-order valence-electron chi connectivity index (χ4n) is 16.3. The van der Waals surface area contributed by atoms with Crippen molar-refractivity contribution in [3.63, 3.8) is 0 Å². The van der Waals surface area contributed by atoms with E-state index in [-0.39, 0.29) is 102 Å². The average Bonchev–Trinajstić information content (AvgIpc) is 1.07. The minimum absolute atomic E-state index is 0.0450. The first kappa shape index (κ1) is 83.3. The maximum absolute atomic E-state index is 13.7. The number of methoxy groups -OCH3 is 1. The number of alkyl halides is 3. The number of rotatable bonds is 13. The molecule has 0 bridgehead atoms. The van der Waals surface area contributed by atoms with Crippen LogP contribution in [0.15, 0.2) is 110 Å². The number of amides is 6. The Morgan fingerprint density at radius 2 is 0.739 bits per heavy atom. The van der Waals surface area contributed by atoms with E-state index in [1.165, 1.54) is 12.0 Å². The molecule has 6 aromatic heterocycles. The van der Waals surface area contributed by atoms with Crippen LogP contribution < -0.4 is 0 Å². The third-order valence-electron chi connectivity index (χ3n) is 23.2. The van der Waals surface area contributed by atoms with E-state index in [0.29, 0.717) is 114 Å². The van der Waals surface area contributed by atoms with E-state index in [9.17, 15) is 56.9 Å². The minimum Gasteiger partial charge on any atom is -0.469 e. The highest BCUT2D eigenvalue weighted by atomic mass is 35.5. The van der Waals surface area contributed by atoms with Gasteiger partial charge in [0, 0.05) is 125 Å². The highest BCUT2D eigenvalue weighted by Crippen LogP contribution is 2.50. The minimum atomic E-state index is -4.76. The van der Waals surface area contributed by atoms with Gasteiger partial charge in [0.1, 0.15) is 17.1 Å². The van der Waals surface area contributed by atoms with Gasteiger partial charge in [-0.3, -0.25) is 33.6 Å². The van der Waals surface area contributed by atoms with Crippen LogP contribution in [0.4, 0.5) is 13.2 Å². The number of hydrogen-bond acceptors (Lipinski definition) is 16. The second-order valence-electron chi connectivity index (χ2n) is 34.1. The lowest BCUT2D eigenvalue weighted by Crippen LogP contribution is -2.65. The van der Waals surface area contributed by atoms with Crippen molar-refractivity contribution in [1.29, 1.82) is 0 Å². The molecule has 25 nitrogen and oxygen atoms in total. The Bertz CT molecular complexity index is 5220. The van der Waals surface area contributed by atoms with E-state index in [1.54, 1.807) is 54.1 Å². The van der Waals surface area contributed by atoms with Gasteiger partial charge in [-0.1, -0.05) is 113 Å². The molecular formula is C84H97Cl3F3N15O10. The van der Waals surface area contributed by atoms with E-state index in [1.807, 2.05) is 149 Å². The summed E-state index contributed by atoms with van der Waals surface area (Å²) in [5, 5.41) is 35.4. The number of nitrogens with zero attached hydrogens (tertiary/aromatic N) is 15. The van der Waals surface area contributed by atoms with Crippen LogP contribution in [-0.4, -0.2) is 225 Å². The first-order chi connectivity index (χ1) is 54.1. The lowest BCUT2D eigenvalue weighted by Gasteiger charge is -2.50. The van der Waals surface area contributed by atoms with Crippen molar-refractivity contribution in [3.05, 3.63) is 158 Å². The number of carbonyl (C=O) groups excluding carboxylic acids is 7. The number of esters is 1. The monoisotopic (exact) mass is 1640 g/mol. The molecule has 0 atom stereocenters. The molecule has 3 aliphatic heterocycles. The topological polar surface area (TPSA) is 279 Å². The zero-order valence-electron chi connectivity index (χ0n) is 66.8. The molecule has 6 amide bonds. The Hall–Kier alpha value is -9.61. The van der Waals surface area contributed by atoms with Gasteiger partial charge in [0.2, 0.25) is 17.7 Å². The summed E-state index contributed by atoms with van der Waals surface area (Å²) in [6.45, 7) is 27.1. The van der Waals surface area contributed by atoms with Crippen LogP contribution >= 0.6 is 34.8 Å². The van der Waals surface area contributed by atoms with Gasteiger partial charge in [-0.05, 0) is 152 Å². The molecule has 6 fully saturated rings. The predicted octanol–water partition coefficient (Wildman–Crippen LogP) is 13.4. The number of aliphatic hydroxyl groups excluding tert-OH is 1. The van der Waals surface area contributed by atoms with E-state index in [0.717, 1.165) is 44.8 Å². The highest BCUT2D eigenvalue weighted by molar-refractivity contribution is 6.31. The molecule has 15 rings (SSSR count). The number of benzene rings is 3. The molecule has 9 aromatic rings. The molecule has 6 aliphatic rings. The average molecular weight is 1640 g/mol.